The van der Waals surface area contributed by atoms with Crippen molar-refractivity contribution in [3.05, 3.63) is 59.4 Å². The summed E-state index contributed by atoms with van der Waals surface area (Å²) in [4.78, 5) is 31.7. The first-order valence-electron chi connectivity index (χ1n) is 9.37. The van der Waals surface area contributed by atoms with Gasteiger partial charge in [-0.15, -0.1) is 0 Å². The minimum atomic E-state index is -0.403. The summed E-state index contributed by atoms with van der Waals surface area (Å²) in [5, 5.41) is 2.95. The molecule has 2 aromatic rings. The molecule has 2 aliphatic heterocycles. The Kier molecular flexibility index (Phi) is 4.90. The van der Waals surface area contributed by atoms with E-state index in [1.807, 2.05) is 31.2 Å². The molecule has 2 amide bonds. The van der Waals surface area contributed by atoms with Gasteiger partial charge in [-0.1, -0.05) is 12.1 Å². The highest BCUT2D eigenvalue weighted by molar-refractivity contribution is 6.11. The van der Waals surface area contributed by atoms with Crippen molar-refractivity contribution >= 4 is 17.5 Å². The Bertz CT molecular complexity index is 861. The minimum absolute atomic E-state index is 0.0949. The normalized spacial score (nSPS) is 21.4. The van der Waals surface area contributed by atoms with Crippen LogP contribution in [0.5, 0.6) is 0 Å². The number of ether oxygens (including phenoxy) is 1. The molecule has 1 N–H and O–H groups in total. The molecule has 6 heteroatoms. The second-order valence-corrected chi connectivity index (χ2v) is 7.11. The first-order valence-corrected chi connectivity index (χ1v) is 9.37. The number of carbonyl (C=O) groups is 2. The van der Waals surface area contributed by atoms with Crippen molar-refractivity contribution in [1.29, 1.82) is 0 Å². The quantitative estimate of drug-likeness (QED) is 0.884. The second-order valence-electron chi connectivity index (χ2n) is 7.11. The molecule has 0 bridgehead atoms. The lowest BCUT2D eigenvalue weighted by Crippen LogP contribution is -2.36. The van der Waals surface area contributed by atoms with Crippen molar-refractivity contribution in [2.75, 3.05) is 18.1 Å². The molecule has 0 radical (unpaired) electrons. The SMILES string of the molecule is Cc1cccc(N2C(=O)c3cccnc3C2CC(=O)NCC2CCCO2)c1. The molecule has 6 nitrogen and oxygen atoms in total. The molecule has 0 spiro atoms. The van der Waals surface area contributed by atoms with Gasteiger partial charge in [-0.05, 0) is 49.6 Å². The molecule has 3 heterocycles. The molecule has 2 aliphatic rings. The standard InChI is InChI=1S/C21H23N3O3/c1-14-5-2-6-15(11-14)24-18(20-17(21(24)26)8-3-9-22-20)12-19(25)23-13-16-7-4-10-27-16/h2-3,5-6,8-9,11,16,18H,4,7,10,12-13H2,1H3,(H,23,25). The largest absolute Gasteiger partial charge is 0.376 e. The molecule has 1 aromatic carbocycles. The highest BCUT2D eigenvalue weighted by Gasteiger charge is 2.40. The molecule has 140 valence electrons. The zero-order chi connectivity index (χ0) is 18.8. The van der Waals surface area contributed by atoms with Gasteiger partial charge in [0, 0.05) is 25.0 Å². The predicted octanol–water partition coefficient (Wildman–Crippen LogP) is 2.78. The van der Waals surface area contributed by atoms with Gasteiger partial charge in [0.15, 0.2) is 0 Å². The number of nitrogens with one attached hydrogen (secondary N) is 1. The van der Waals surface area contributed by atoms with E-state index in [-0.39, 0.29) is 24.3 Å². The first-order chi connectivity index (χ1) is 13.1. The topological polar surface area (TPSA) is 71.5 Å². The number of anilines is 1. The summed E-state index contributed by atoms with van der Waals surface area (Å²) < 4.78 is 5.56. The summed E-state index contributed by atoms with van der Waals surface area (Å²) in [6, 6.07) is 10.9. The minimum Gasteiger partial charge on any atom is -0.376 e. The number of carbonyl (C=O) groups excluding carboxylic acids is 2. The van der Waals surface area contributed by atoms with Crippen molar-refractivity contribution in [3.8, 4) is 0 Å². The maximum absolute atomic E-state index is 13.0. The molecule has 1 fully saturated rings. The Hall–Kier alpha value is -2.73. The fraction of sp³-hybridized carbons (Fsp3) is 0.381. The second kappa shape index (κ2) is 7.48. The van der Waals surface area contributed by atoms with Crippen LogP contribution in [0, 0.1) is 6.92 Å². The third-order valence-corrected chi connectivity index (χ3v) is 5.12. The van der Waals surface area contributed by atoms with E-state index in [0.717, 1.165) is 30.7 Å². The number of hydrogen-bond acceptors (Lipinski definition) is 4. The van der Waals surface area contributed by atoms with Gasteiger partial charge in [0.05, 0.1) is 29.8 Å². The lowest BCUT2D eigenvalue weighted by atomic mass is 10.1. The highest BCUT2D eigenvalue weighted by atomic mass is 16.5. The van der Waals surface area contributed by atoms with E-state index < -0.39 is 6.04 Å². The fourth-order valence-electron chi connectivity index (χ4n) is 3.80. The molecule has 1 aromatic heterocycles. The van der Waals surface area contributed by atoms with Crippen molar-refractivity contribution in [1.82, 2.24) is 10.3 Å². The van der Waals surface area contributed by atoms with Crippen LogP contribution in [0.2, 0.25) is 0 Å². The van der Waals surface area contributed by atoms with E-state index in [9.17, 15) is 9.59 Å². The van der Waals surface area contributed by atoms with Crippen molar-refractivity contribution < 1.29 is 14.3 Å². The molecular weight excluding hydrogens is 342 g/mol. The van der Waals surface area contributed by atoms with E-state index in [0.29, 0.717) is 17.8 Å². The van der Waals surface area contributed by atoms with E-state index in [2.05, 4.69) is 10.3 Å². The third-order valence-electron chi connectivity index (χ3n) is 5.12. The summed E-state index contributed by atoms with van der Waals surface area (Å²) in [6.07, 6.45) is 3.95. The smallest absolute Gasteiger partial charge is 0.260 e. The molecule has 4 rings (SSSR count). The summed E-state index contributed by atoms with van der Waals surface area (Å²) in [5.74, 6) is -0.208. The zero-order valence-corrected chi connectivity index (χ0v) is 15.4. The number of rotatable bonds is 5. The van der Waals surface area contributed by atoms with E-state index >= 15 is 0 Å². The van der Waals surface area contributed by atoms with Crippen LogP contribution in [-0.2, 0) is 9.53 Å². The number of pyridine rings is 1. The van der Waals surface area contributed by atoms with E-state index in [4.69, 9.17) is 4.74 Å². The van der Waals surface area contributed by atoms with Crippen molar-refractivity contribution in [3.63, 3.8) is 0 Å². The molecule has 0 saturated carbocycles. The van der Waals surface area contributed by atoms with Crippen LogP contribution in [0.25, 0.3) is 0 Å². The summed E-state index contributed by atoms with van der Waals surface area (Å²) in [5.41, 5.74) is 3.08. The Morgan fingerprint density at radius 2 is 2.22 bits per heavy atom. The van der Waals surface area contributed by atoms with Crippen LogP contribution in [0.3, 0.4) is 0 Å². The van der Waals surface area contributed by atoms with Gasteiger partial charge in [-0.3, -0.25) is 19.5 Å². The molecular formula is C21H23N3O3. The third kappa shape index (κ3) is 3.57. The number of aryl methyl sites for hydroxylation is 1. The Balaban J connectivity index is 1.56. The number of nitrogens with zero attached hydrogens (tertiary/aromatic N) is 2. The number of fused-ring (bicyclic) bond motifs is 1. The van der Waals surface area contributed by atoms with E-state index in [1.54, 1.807) is 23.2 Å². The Morgan fingerprint density at radius 3 is 3.00 bits per heavy atom. The maximum Gasteiger partial charge on any atom is 0.260 e. The van der Waals surface area contributed by atoms with Gasteiger partial charge in [0.25, 0.3) is 5.91 Å². The van der Waals surface area contributed by atoms with Crippen LogP contribution in [0.15, 0.2) is 42.6 Å². The predicted molar refractivity (Wildman–Crippen MR) is 102 cm³/mol. The fourth-order valence-corrected chi connectivity index (χ4v) is 3.80. The number of benzene rings is 1. The molecule has 1 saturated heterocycles. The lowest BCUT2D eigenvalue weighted by molar-refractivity contribution is -0.121. The van der Waals surface area contributed by atoms with Gasteiger partial charge in [0.2, 0.25) is 5.91 Å². The molecule has 27 heavy (non-hydrogen) atoms. The lowest BCUT2D eigenvalue weighted by Gasteiger charge is -2.25. The van der Waals surface area contributed by atoms with Crippen LogP contribution in [0.1, 0.15) is 46.9 Å². The van der Waals surface area contributed by atoms with Gasteiger partial charge >= 0.3 is 0 Å². The summed E-state index contributed by atoms with van der Waals surface area (Å²) >= 11 is 0. The maximum atomic E-state index is 13.0. The van der Waals surface area contributed by atoms with E-state index in [1.165, 1.54) is 0 Å². The Morgan fingerprint density at radius 1 is 1.33 bits per heavy atom. The van der Waals surface area contributed by atoms with Crippen LogP contribution in [-0.4, -0.2) is 36.1 Å². The van der Waals surface area contributed by atoms with Crippen molar-refractivity contribution in [2.24, 2.45) is 0 Å². The van der Waals surface area contributed by atoms with Crippen LogP contribution < -0.4 is 10.2 Å². The first kappa shape index (κ1) is 17.7. The van der Waals surface area contributed by atoms with Crippen molar-refractivity contribution in [2.45, 2.75) is 38.3 Å². The highest BCUT2D eigenvalue weighted by Crippen LogP contribution is 2.38. The number of hydrogen-bond donors (Lipinski definition) is 1. The number of aromatic nitrogens is 1. The van der Waals surface area contributed by atoms with Gasteiger partial charge in [0.1, 0.15) is 0 Å². The van der Waals surface area contributed by atoms with Crippen LogP contribution >= 0.6 is 0 Å². The van der Waals surface area contributed by atoms with Crippen LogP contribution in [0.4, 0.5) is 5.69 Å². The van der Waals surface area contributed by atoms with Gasteiger partial charge in [-0.2, -0.15) is 0 Å². The summed E-state index contributed by atoms with van der Waals surface area (Å²) in [6.45, 7) is 3.26. The molecule has 2 atom stereocenters. The average molecular weight is 365 g/mol. The summed E-state index contributed by atoms with van der Waals surface area (Å²) in [7, 11) is 0. The van der Waals surface area contributed by atoms with Gasteiger partial charge in [-0.25, -0.2) is 0 Å². The molecule has 0 aliphatic carbocycles. The zero-order valence-electron chi connectivity index (χ0n) is 15.4. The monoisotopic (exact) mass is 365 g/mol. The Labute approximate surface area is 158 Å². The number of amides is 2. The van der Waals surface area contributed by atoms with Gasteiger partial charge < -0.3 is 10.1 Å². The molecule has 2 unspecified atom stereocenters. The average Bonchev–Trinajstić information content (AvgIpc) is 3.28.